The minimum Gasteiger partial charge on any atom is -0.388 e. The zero-order valence-corrected chi connectivity index (χ0v) is 22.2. The molecule has 0 saturated carbocycles. The van der Waals surface area contributed by atoms with Crippen molar-refractivity contribution in [3.05, 3.63) is 94.4 Å². The number of piperidine rings is 1. The van der Waals surface area contributed by atoms with Crippen molar-refractivity contribution >= 4 is 12.2 Å². The molecule has 1 saturated heterocycles. The van der Waals surface area contributed by atoms with Crippen LogP contribution in [0.3, 0.4) is 0 Å². The second kappa shape index (κ2) is 12.6. The van der Waals surface area contributed by atoms with Gasteiger partial charge in [-0.05, 0) is 83.8 Å². The van der Waals surface area contributed by atoms with Gasteiger partial charge in [0.2, 0.25) is 0 Å². The first-order chi connectivity index (χ1) is 18.2. The molecule has 39 heavy (non-hydrogen) atoms. The van der Waals surface area contributed by atoms with Gasteiger partial charge in [-0.3, -0.25) is 4.90 Å². The monoisotopic (exact) mass is 551 g/mol. The molecule has 2 aromatic rings. The van der Waals surface area contributed by atoms with Crippen LogP contribution in [0.1, 0.15) is 43.4 Å². The van der Waals surface area contributed by atoms with Gasteiger partial charge in [0.25, 0.3) is 0 Å². The maximum Gasteiger partial charge on any atom is 0.416 e. The second-order valence-electron chi connectivity index (χ2n) is 10.4. The van der Waals surface area contributed by atoms with Gasteiger partial charge in [0.15, 0.2) is 0 Å². The highest BCUT2D eigenvalue weighted by atomic mass is 19.4. The molecule has 0 aromatic heterocycles. The number of allylic oxidation sites excluding steroid dienone is 1. The average molecular weight is 552 g/mol. The lowest BCUT2D eigenvalue weighted by atomic mass is 9.77. The zero-order valence-electron chi connectivity index (χ0n) is 22.2. The first kappa shape index (κ1) is 30.7. The van der Waals surface area contributed by atoms with E-state index in [4.69, 9.17) is 0 Å². The molecule has 1 aliphatic rings. The van der Waals surface area contributed by atoms with Crippen LogP contribution in [0.25, 0.3) is 12.2 Å². The summed E-state index contributed by atoms with van der Waals surface area (Å²) in [5, 5.41) is 13.0. The highest BCUT2D eigenvalue weighted by Gasteiger charge is 2.37. The number of aliphatic hydroxyl groups excluding tert-OH is 1. The molecule has 3 unspecified atom stereocenters. The molecule has 212 valence electrons. The van der Waals surface area contributed by atoms with Gasteiger partial charge in [-0.25, -0.2) is 0 Å². The van der Waals surface area contributed by atoms with Gasteiger partial charge in [0, 0.05) is 13.1 Å². The van der Waals surface area contributed by atoms with Gasteiger partial charge in [-0.15, -0.1) is 6.58 Å². The maximum atomic E-state index is 13.3. The maximum absolute atomic E-state index is 13.3. The van der Waals surface area contributed by atoms with Crippen LogP contribution < -0.4 is 10.4 Å². The lowest BCUT2D eigenvalue weighted by molar-refractivity contribution is -0.143. The summed E-state index contributed by atoms with van der Waals surface area (Å²) in [5.41, 5.74) is -1.85. The first-order valence-corrected chi connectivity index (χ1v) is 13.0. The summed E-state index contributed by atoms with van der Waals surface area (Å²) < 4.78 is 79.7. The normalized spacial score (nSPS) is 21.6. The number of likely N-dealkylation sites (tertiary alicyclic amines) is 1. The third-order valence-electron chi connectivity index (χ3n) is 7.45. The van der Waals surface area contributed by atoms with E-state index in [9.17, 15) is 31.4 Å². The molecule has 3 rings (SSSR count). The molecule has 0 amide bonds. The fraction of sp³-hybridized carbons (Fsp3) is 0.419. The molecule has 0 aliphatic carbocycles. The van der Waals surface area contributed by atoms with E-state index >= 15 is 0 Å². The topological polar surface area (TPSA) is 23.5 Å². The number of hydrogen-bond acceptors (Lipinski definition) is 2. The Morgan fingerprint density at radius 2 is 1.69 bits per heavy atom. The van der Waals surface area contributed by atoms with Crippen LogP contribution in [0.4, 0.5) is 26.3 Å². The van der Waals surface area contributed by atoms with E-state index < -0.39 is 29.6 Å². The summed E-state index contributed by atoms with van der Waals surface area (Å²) in [4.78, 5) is 1.87. The fourth-order valence-corrected chi connectivity index (χ4v) is 5.42. The van der Waals surface area contributed by atoms with Gasteiger partial charge in [-0.1, -0.05) is 56.0 Å². The Balaban J connectivity index is 1.75. The molecule has 8 heteroatoms. The Morgan fingerprint density at radius 1 is 1.08 bits per heavy atom. The van der Waals surface area contributed by atoms with Gasteiger partial charge < -0.3 is 5.11 Å². The quantitative estimate of drug-likeness (QED) is 0.296. The number of halogens is 6. The van der Waals surface area contributed by atoms with Crippen molar-refractivity contribution in [3.8, 4) is 0 Å². The number of benzene rings is 2. The van der Waals surface area contributed by atoms with Crippen molar-refractivity contribution in [2.24, 2.45) is 17.8 Å². The molecule has 1 N–H and O–H groups in total. The van der Waals surface area contributed by atoms with Crippen molar-refractivity contribution in [3.63, 3.8) is 0 Å². The Morgan fingerprint density at radius 3 is 2.23 bits per heavy atom. The summed E-state index contributed by atoms with van der Waals surface area (Å²) in [6.45, 7) is 12.8. The molecule has 1 heterocycles. The number of nitrogens with zero attached hydrogens (tertiary/aromatic N) is 1. The summed E-state index contributed by atoms with van der Waals surface area (Å²) in [6.07, 6.45) is -3.55. The van der Waals surface area contributed by atoms with Crippen LogP contribution in [0.2, 0.25) is 0 Å². The Kier molecular flexibility index (Phi) is 9.88. The Labute approximate surface area is 225 Å². The summed E-state index contributed by atoms with van der Waals surface area (Å²) in [7, 11) is 0. The summed E-state index contributed by atoms with van der Waals surface area (Å²) in [5.74, 6) is 0.0386. The van der Waals surface area contributed by atoms with Gasteiger partial charge >= 0.3 is 12.4 Å². The van der Waals surface area contributed by atoms with Crippen molar-refractivity contribution < 1.29 is 31.4 Å². The van der Waals surface area contributed by atoms with E-state index in [2.05, 4.69) is 13.2 Å². The molecule has 4 atom stereocenters. The average Bonchev–Trinajstić information content (AvgIpc) is 2.87. The van der Waals surface area contributed by atoms with Gasteiger partial charge in [-0.2, -0.15) is 26.3 Å². The predicted octanol–water partition coefficient (Wildman–Crippen LogP) is 6.57. The highest BCUT2D eigenvalue weighted by molar-refractivity contribution is 5.60. The van der Waals surface area contributed by atoms with Crippen LogP contribution in [0.15, 0.2) is 67.3 Å². The Bertz CT molecular complexity index is 1250. The van der Waals surface area contributed by atoms with Gasteiger partial charge in [0.1, 0.15) is 0 Å². The molecule has 2 nitrogen and oxygen atoms in total. The molecular weight excluding hydrogens is 516 g/mol. The summed E-state index contributed by atoms with van der Waals surface area (Å²) in [6, 6.07) is 9.35. The van der Waals surface area contributed by atoms with Crippen LogP contribution in [-0.2, 0) is 18.9 Å². The van der Waals surface area contributed by atoms with Crippen molar-refractivity contribution in [2.45, 2.75) is 51.7 Å². The van der Waals surface area contributed by atoms with E-state index in [0.29, 0.717) is 25.9 Å². The van der Waals surface area contributed by atoms with E-state index in [1.807, 2.05) is 55.2 Å². The molecule has 0 spiro atoms. The minimum absolute atomic E-state index is 0.0217. The smallest absolute Gasteiger partial charge is 0.388 e. The van der Waals surface area contributed by atoms with Crippen molar-refractivity contribution in [1.29, 1.82) is 0 Å². The van der Waals surface area contributed by atoms with E-state index in [1.165, 1.54) is 0 Å². The van der Waals surface area contributed by atoms with Crippen LogP contribution in [0, 0.1) is 17.8 Å². The Hall–Kier alpha value is -2.84. The zero-order chi connectivity index (χ0) is 29.0. The third kappa shape index (κ3) is 7.85. The van der Waals surface area contributed by atoms with Crippen LogP contribution >= 0.6 is 0 Å². The number of hydrogen-bond donors (Lipinski definition) is 1. The largest absolute Gasteiger partial charge is 0.416 e. The number of aliphatic hydroxyl groups is 1. The molecule has 0 bridgehead atoms. The second-order valence-corrected chi connectivity index (χ2v) is 10.4. The lowest BCUT2D eigenvalue weighted by Crippen LogP contribution is -2.41. The molecule has 1 fully saturated rings. The number of rotatable bonds is 8. The standard InChI is InChI=1S/C31H35F6NO/c1-5-9-28(27-11-8-7-10-20(27)3)29(39)21(4)14-24-12-13-38(19-23(24)6-2)18-22-15-25(30(32,33)34)17-26(16-22)31(35,36)37/h5-11,15-17,21,23-24,29,39H,2-3,12-14,18-19H2,1,4H3/b9-5-,28-27+/t21?,23?,24?,29-/m0/s1. The third-order valence-corrected chi connectivity index (χ3v) is 7.45. The molecule has 0 radical (unpaired) electrons. The van der Waals surface area contributed by atoms with Crippen LogP contribution in [-0.4, -0.2) is 29.2 Å². The van der Waals surface area contributed by atoms with E-state index in [1.54, 1.807) is 6.08 Å². The lowest BCUT2D eigenvalue weighted by Gasteiger charge is -2.39. The van der Waals surface area contributed by atoms with Crippen LogP contribution in [0.5, 0.6) is 0 Å². The highest BCUT2D eigenvalue weighted by Crippen LogP contribution is 2.37. The SMILES string of the molecule is C=CC1CN(Cc2cc(C(F)(F)F)cc(C(F)(F)F)c2)CCC1CC(C)[C@H](O)C(/C=C\C)=c1\ccccc1=C. The predicted molar refractivity (Wildman–Crippen MR) is 143 cm³/mol. The van der Waals surface area contributed by atoms with Crippen molar-refractivity contribution in [1.82, 2.24) is 4.90 Å². The van der Waals surface area contributed by atoms with Crippen molar-refractivity contribution in [2.75, 3.05) is 13.1 Å². The van der Waals surface area contributed by atoms with E-state index in [-0.39, 0.29) is 35.9 Å². The molecular formula is C31H35F6NO. The number of alkyl halides is 6. The van der Waals surface area contributed by atoms with E-state index in [0.717, 1.165) is 28.1 Å². The fourth-order valence-electron chi connectivity index (χ4n) is 5.42. The van der Waals surface area contributed by atoms with Gasteiger partial charge in [0.05, 0.1) is 17.2 Å². The minimum atomic E-state index is -4.87. The molecule has 1 aliphatic heterocycles. The first-order valence-electron chi connectivity index (χ1n) is 13.0. The summed E-state index contributed by atoms with van der Waals surface area (Å²) >= 11 is 0. The molecule has 2 aromatic carbocycles.